The van der Waals surface area contributed by atoms with Crippen LogP contribution in [-0.4, -0.2) is 36.1 Å². The summed E-state index contributed by atoms with van der Waals surface area (Å²) in [6.07, 6.45) is 3.61. The van der Waals surface area contributed by atoms with Gasteiger partial charge in [-0.25, -0.2) is 0 Å². The van der Waals surface area contributed by atoms with E-state index in [1.807, 2.05) is 24.3 Å². The molecule has 0 N–H and O–H groups in total. The summed E-state index contributed by atoms with van der Waals surface area (Å²) in [6, 6.07) is 10.8. The molecule has 1 aliphatic rings. The molecule has 1 fully saturated rings. The lowest BCUT2D eigenvalue weighted by Gasteiger charge is -2.37. The van der Waals surface area contributed by atoms with E-state index in [-0.39, 0.29) is 10.6 Å². The highest BCUT2D eigenvalue weighted by molar-refractivity contribution is 5.53. The van der Waals surface area contributed by atoms with Crippen molar-refractivity contribution in [3.8, 4) is 0 Å². The Hall–Kier alpha value is -2.63. The van der Waals surface area contributed by atoms with Gasteiger partial charge in [0.25, 0.3) is 5.69 Å². The molecule has 108 valence electrons. The number of anilines is 2. The fourth-order valence-corrected chi connectivity index (χ4v) is 2.56. The molecule has 21 heavy (non-hydrogen) atoms. The van der Waals surface area contributed by atoms with Crippen LogP contribution in [0.5, 0.6) is 0 Å². The maximum Gasteiger partial charge on any atom is 0.269 e. The predicted molar refractivity (Wildman–Crippen MR) is 81.8 cm³/mol. The first-order chi connectivity index (χ1) is 10.2. The normalized spacial score (nSPS) is 15.0. The van der Waals surface area contributed by atoms with Gasteiger partial charge < -0.3 is 9.80 Å². The molecule has 0 saturated carbocycles. The molecule has 0 amide bonds. The van der Waals surface area contributed by atoms with Crippen LogP contribution in [0, 0.1) is 10.1 Å². The van der Waals surface area contributed by atoms with Gasteiger partial charge in [-0.2, -0.15) is 0 Å². The second kappa shape index (κ2) is 5.78. The number of nitro groups is 1. The van der Waals surface area contributed by atoms with Crippen molar-refractivity contribution >= 4 is 17.1 Å². The Balaban J connectivity index is 1.64. The quantitative estimate of drug-likeness (QED) is 0.639. The highest BCUT2D eigenvalue weighted by atomic mass is 16.6. The molecule has 3 rings (SSSR count). The molecule has 2 heterocycles. The van der Waals surface area contributed by atoms with E-state index in [9.17, 15) is 10.1 Å². The predicted octanol–water partition coefficient (Wildman–Crippen LogP) is 2.32. The largest absolute Gasteiger partial charge is 0.368 e. The smallest absolute Gasteiger partial charge is 0.269 e. The summed E-state index contributed by atoms with van der Waals surface area (Å²) in [5.41, 5.74) is 2.36. The van der Waals surface area contributed by atoms with Gasteiger partial charge in [-0.1, -0.05) is 0 Å². The lowest BCUT2D eigenvalue weighted by molar-refractivity contribution is -0.384. The van der Waals surface area contributed by atoms with Crippen LogP contribution in [0.4, 0.5) is 17.1 Å². The average molecular weight is 284 g/mol. The zero-order valence-corrected chi connectivity index (χ0v) is 11.6. The van der Waals surface area contributed by atoms with Crippen LogP contribution < -0.4 is 9.80 Å². The number of pyridine rings is 1. The highest BCUT2D eigenvalue weighted by Crippen LogP contribution is 2.22. The number of aromatic nitrogens is 1. The van der Waals surface area contributed by atoms with Crippen molar-refractivity contribution in [2.45, 2.75) is 0 Å². The summed E-state index contributed by atoms with van der Waals surface area (Å²) in [4.78, 5) is 18.9. The minimum absolute atomic E-state index is 0.133. The van der Waals surface area contributed by atoms with Gasteiger partial charge in [0.2, 0.25) is 0 Å². The fraction of sp³-hybridized carbons (Fsp3) is 0.267. The van der Waals surface area contributed by atoms with E-state index in [1.165, 1.54) is 5.69 Å². The number of non-ortho nitro benzene ring substituents is 1. The maximum absolute atomic E-state index is 10.7. The summed E-state index contributed by atoms with van der Waals surface area (Å²) >= 11 is 0. The van der Waals surface area contributed by atoms with Gasteiger partial charge in [-0.15, -0.1) is 0 Å². The monoisotopic (exact) mass is 284 g/mol. The van der Waals surface area contributed by atoms with E-state index in [0.717, 1.165) is 31.9 Å². The molecule has 0 bridgehead atoms. The van der Waals surface area contributed by atoms with Crippen molar-refractivity contribution < 1.29 is 4.92 Å². The van der Waals surface area contributed by atoms with Gasteiger partial charge in [0, 0.05) is 62.1 Å². The zero-order valence-electron chi connectivity index (χ0n) is 11.6. The first-order valence-electron chi connectivity index (χ1n) is 6.88. The Kier molecular flexibility index (Phi) is 3.68. The Morgan fingerprint density at radius 1 is 0.857 bits per heavy atom. The minimum atomic E-state index is -0.370. The van der Waals surface area contributed by atoms with Gasteiger partial charge in [0.05, 0.1) is 4.92 Å². The molecule has 0 aliphatic carbocycles. The van der Waals surface area contributed by atoms with Crippen molar-refractivity contribution in [2.75, 3.05) is 36.0 Å². The number of nitro benzene ring substituents is 1. The molecule has 0 radical (unpaired) electrons. The topological polar surface area (TPSA) is 62.5 Å². The minimum Gasteiger partial charge on any atom is -0.368 e. The van der Waals surface area contributed by atoms with Gasteiger partial charge >= 0.3 is 0 Å². The number of benzene rings is 1. The van der Waals surface area contributed by atoms with Crippen molar-refractivity contribution in [3.63, 3.8) is 0 Å². The fourth-order valence-electron chi connectivity index (χ4n) is 2.56. The molecule has 0 atom stereocenters. The molecule has 0 spiro atoms. The van der Waals surface area contributed by atoms with E-state index < -0.39 is 0 Å². The molecule has 2 aromatic rings. The molecular weight excluding hydrogens is 268 g/mol. The molecule has 6 nitrogen and oxygen atoms in total. The Labute approximate surface area is 122 Å². The first-order valence-corrected chi connectivity index (χ1v) is 6.88. The summed E-state index contributed by atoms with van der Waals surface area (Å²) < 4.78 is 0. The van der Waals surface area contributed by atoms with Gasteiger partial charge in [-0.3, -0.25) is 15.1 Å². The summed E-state index contributed by atoms with van der Waals surface area (Å²) in [5, 5.41) is 10.7. The van der Waals surface area contributed by atoms with Crippen molar-refractivity contribution in [2.24, 2.45) is 0 Å². The first kappa shape index (κ1) is 13.4. The third-order valence-electron chi connectivity index (χ3n) is 3.73. The molecule has 6 heteroatoms. The van der Waals surface area contributed by atoms with Crippen LogP contribution >= 0.6 is 0 Å². The molecule has 1 aliphatic heterocycles. The zero-order chi connectivity index (χ0) is 14.7. The van der Waals surface area contributed by atoms with Gasteiger partial charge in [0.15, 0.2) is 0 Å². The highest BCUT2D eigenvalue weighted by Gasteiger charge is 2.18. The second-order valence-electron chi connectivity index (χ2n) is 4.95. The third-order valence-corrected chi connectivity index (χ3v) is 3.73. The van der Waals surface area contributed by atoms with Crippen LogP contribution in [0.15, 0.2) is 48.8 Å². The molecule has 0 unspecified atom stereocenters. The molecule has 1 aromatic heterocycles. The van der Waals surface area contributed by atoms with E-state index in [0.29, 0.717) is 0 Å². The Morgan fingerprint density at radius 3 is 1.81 bits per heavy atom. The van der Waals surface area contributed by atoms with Crippen LogP contribution in [-0.2, 0) is 0 Å². The van der Waals surface area contributed by atoms with Crippen molar-refractivity contribution in [1.29, 1.82) is 0 Å². The number of hydrogen-bond donors (Lipinski definition) is 0. The van der Waals surface area contributed by atoms with E-state index >= 15 is 0 Å². The van der Waals surface area contributed by atoms with E-state index in [4.69, 9.17) is 0 Å². The average Bonchev–Trinajstić information content (AvgIpc) is 2.56. The summed E-state index contributed by atoms with van der Waals surface area (Å²) in [5.74, 6) is 0. The standard InChI is InChI=1S/C15H16N4O2/c20-19(21)15-3-1-13(2-4-15)17-9-11-18(12-10-17)14-5-7-16-8-6-14/h1-8H,9-12H2. The van der Waals surface area contributed by atoms with Gasteiger partial charge in [0.1, 0.15) is 0 Å². The lowest BCUT2D eigenvalue weighted by Crippen LogP contribution is -2.46. The van der Waals surface area contributed by atoms with Gasteiger partial charge in [-0.05, 0) is 24.3 Å². The van der Waals surface area contributed by atoms with E-state index in [2.05, 4.69) is 14.8 Å². The Bertz CT molecular complexity index is 607. The lowest BCUT2D eigenvalue weighted by atomic mass is 10.2. The van der Waals surface area contributed by atoms with Crippen molar-refractivity contribution in [1.82, 2.24) is 4.98 Å². The second-order valence-corrected chi connectivity index (χ2v) is 4.95. The maximum atomic E-state index is 10.7. The molecular formula is C15H16N4O2. The third kappa shape index (κ3) is 2.94. The summed E-state index contributed by atoms with van der Waals surface area (Å²) in [7, 11) is 0. The molecule has 1 saturated heterocycles. The number of piperazine rings is 1. The van der Waals surface area contributed by atoms with Crippen LogP contribution in [0.2, 0.25) is 0 Å². The number of hydrogen-bond acceptors (Lipinski definition) is 5. The Morgan fingerprint density at radius 2 is 1.33 bits per heavy atom. The van der Waals surface area contributed by atoms with E-state index in [1.54, 1.807) is 24.5 Å². The van der Waals surface area contributed by atoms with Crippen LogP contribution in [0.1, 0.15) is 0 Å². The van der Waals surface area contributed by atoms with Crippen molar-refractivity contribution in [3.05, 3.63) is 58.9 Å². The SMILES string of the molecule is O=[N+]([O-])c1ccc(N2CCN(c3ccncc3)CC2)cc1. The van der Waals surface area contributed by atoms with Crippen LogP contribution in [0.3, 0.4) is 0 Å². The molecule has 1 aromatic carbocycles. The van der Waals surface area contributed by atoms with Crippen LogP contribution in [0.25, 0.3) is 0 Å². The summed E-state index contributed by atoms with van der Waals surface area (Å²) in [6.45, 7) is 3.67. The number of rotatable bonds is 3. The number of nitrogens with zero attached hydrogens (tertiary/aromatic N) is 4.